The summed E-state index contributed by atoms with van der Waals surface area (Å²) in [6.07, 6.45) is 7.44. The second-order valence-electron chi connectivity index (χ2n) is 6.81. The van der Waals surface area contributed by atoms with Crippen molar-refractivity contribution in [1.82, 2.24) is 14.7 Å². The molecule has 1 amide bonds. The van der Waals surface area contributed by atoms with Crippen molar-refractivity contribution in [3.8, 4) is 0 Å². The van der Waals surface area contributed by atoms with E-state index < -0.39 is 0 Å². The first kappa shape index (κ1) is 13.8. The first-order chi connectivity index (χ1) is 10.6. The second-order valence-corrected chi connectivity index (χ2v) is 6.81. The van der Waals surface area contributed by atoms with Gasteiger partial charge in [-0.15, -0.1) is 0 Å². The molecule has 2 aliphatic rings. The van der Waals surface area contributed by atoms with E-state index >= 15 is 0 Å². The Morgan fingerprint density at radius 3 is 3.00 bits per heavy atom. The van der Waals surface area contributed by atoms with Crippen molar-refractivity contribution in [2.75, 3.05) is 0 Å². The van der Waals surface area contributed by atoms with E-state index in [4.69, 9.17) is 5.73 Å². The number of carbonyl (C=O) groups excluding carboxylic acids is 1. The van der Waals surface area contributed by atoms with E-state index in [0.717, 1.165) is 29.7 Å². The topological polar surface area (TPSA) is 72.4 Å². The molecule has 2 fully saturated rings. The van der Waals surface area contributed by atoms with Crippen LogP contribution in [0.4, 0.5) is 0 Å². The fourth-order valence-electron chi connectivity index (χ4n) is 4.31. The van der Waals surface area contributed by atoms with Crippen molar-refractivity contribution >= 4 is 11.6 Å². The molecular weight excluding hydrogens is 276 g/mol. The minimum atomic E-state index is -0.00230. The number of pyridine rings is 1. The molecule has 4 rings (SSSR count). The largest absolute Gasteiger partial charge is 0.350 e. The van der Waals surface area contributed by atoms with Crippen LogP contribution in [0.15, 0.2) is 24.5 Å². The molecule has 0 saturated heterocycles. The molecule has 3 N–H and O–H groups in total. The number of hydrogen-bond donors (Lipinski definition) is 2. The molecule has 2 aromatic heterocycles. The van der Waals surface area contributed by atoms with E-state index in [1.807, 2.05) is 35.9 Å². The molecule has 2 aromatic rings. The van der Waals surface area contributed by atoms with E-state index in [1.165, 1.54) is 6.42 Å². The Bertz CT molecular complexity index is 721. The number of rotatable bonds is 3. The molecule has 0 aromatic carbocycles. The summed E-state index contributed by atoms with van der Waals surface area (Å²) in [6, 6.07) is 4.08. The highest BCUT2D eigenvalue weighted by Crippen LogP contribution is 2.47. The first-order valence-electron chi connectivity index (χ1n) is 8.10. The maximum absolute atomic E-state index is 12.5. The zero-order valence-electron chi connectivity index (χ0n) is 12.8. The monoisotopic (exact) mass is 298 g/mol. The lowest BCUT2D eigenvalue weighted by Gasteiger charge is -2.26. The molecule has 5 nitrogen and oxygen atoms in total. The van der Waals surface area contributed by atoms with Gasteiger partial charge in [-0.3, -0.25) is 4.79 Å². The van der Waals surface area contributed by atoms with Crippen LogP contribution in [0, 0.1) is 24.7 Å². The number of nitrogens with one attached hydrogen (secondary N) is 1. The smallest absolute Gasteiger partial charge is 0.225 e. The third-order valence-corrected chi connectivity index (χ3v) is 5.45. The van der Waals surface area contributed by atoms with Crippen LogP contribution in [0.5, 0.6) is 0 Å². The van der Waals surface area contributed by atoms with E-state index in [2.05, 4.69) is 10.3 Å². The summed E-state index contributed by atoms with van der Waals surface area (Å²) < 4.78 is 2.00. The summed E-state index contributed by atoms with van der Waals surface area (Å²) in [5.41, 5.74) is 9.20. The molecule has 2 aliphatic carbocycles. The fourth-order valence-corrected chi connectivity index (χ4v) is 4.31. The van der Waals surface area contributed by atoms with E-state index in [1.54, 1.807) is 0 Å². The number of amides is 1. The molecule has 4 unspecified atom stereocenters. The predicted octanol–water partition coefficient (Wildman–Crippen LogP) is 1.63. The van der Waals surface area contributed by atoms with Gasteiger partial charge < -0.3 is 15.5 Å². The molecule has 0 spiro atoms. The van der Waals surface area contributed by atoms with Crippen LogP contribution in [-0.2, 0) is 11.3 Å². The predicted molar refractivity (Wildman–Crippen MR) is 84.1 cm³/mol. The molecule has 0 aliphatic heterocycles. The molecule has 2 saturated carbocycles. The lowest BCUT2D eigenvalue weighted by Crippen LogP contribution is -2.45. The van der Waals surface area contributed by atoms with Crippen molar-refractivity contribution in [2.24, 2.45) is 23.5 Å². The van der Waals surface area contributed by atoms with E-state index in [9.17, 15) is 4.79 Å². The average Bonchev–Trinajstić information content (AvgIpc) is 3.18. The van der Waals surface area contributed by atoms with Crippen molar-refractivity contribution in [1.29, 1.82) is 0 Å². The van der Waals surface area contributed by atoms with Gasteiger partial charge in [0.1, 0.15) is 5.65 Å². The summed E-state index contributed by atoms with van der Waals surface area (Å²) in [6.45, 7) is 2.51. The molecule has 4 atom stereocenters. The average molecular weight is 298 g/mol. The number of aryl methyl sites for hydroxylation is 1. The Morgan fingerprint density at radius 1 is 1.45 bits per heavy atom. The molecule has 22 heavy (non-hydrogen) atoms. The van der Waals surface area contributed by atoms with Gasteiger partial charge in [-0.1, -0.05) is 6.07 Å². The van der Waals surface area contributed by atoms with Gasteiger partial charge in [-0.2, -0.15) is 0 Å². The lowest BCUT2D eigenvalue weighted by atomic mass is 9.84. The van der Waals surface area contributed by atoms with Crippen LogP contribution in [0.3, 0.4) is 0 Å². The van der Waals surface area contributed by atoms with Crippen LogP contribution in [-0.4, -0.2) is 21.3 Å². The van der Waals surface area contributed by atoms with Gasteiger partial charge in [0, 0.05) is 18.4 Å². The maximum atomic E-state index is 12.5. The standard InChI is InChI=1S/C17H22N4O/c1-10-3-2-6-21-9-13(20-16(10)21)8-19-17(22)14-11-4-5-12(7-11)15(14)18/h2-3,6,9,11-12,14-15H,4-5,7-8,18H2,1H3,(H,19,22). The Labute approximate surface area is 129 Å². The quantitative estimate of drug-likeness (QED) is 0.904. The maximum Gasteiger partial charge on any atom is 0.225 e. The van der Waals surface area contributed by atoms with E-state index in [0.29, 0.717) is 18.4 Å². The van der Waals surface area contributed by atoms with Crippen LogP contribution in [0.25, 0.3) is 5.65 Å². The molecule has 2 heterocycles. The minimum Gasteiger partial charge on any atom is -0.350 e. The van der Waals surface area contributed by atoms with Crippen molar-refractivity contribution < 1.29 is 4.79 Å². The van der Waals surface area contributed by atoms with Crippen LogP contribution in [0.2, 0.25) is 0 Å². The molecule has 5 heteroatoms. The van der Waals surface area contributed by atoms with Crippen molar-refractivity contribution in [3.05, 3.63) is 35.8 Å². The lowest BCUT2D eigenvalue weighted by molar-refractivity contribution is -0.127. The second kappa shape index (κ2) is 5.09. The Morgan fingerprint density at radius 2 is 2.27 bits per heavy atom. The summed E-state index contributed by atoms with van der Waals surface area (Å²) in [5.74, 6) is 1.15. The third-order valence-electron chi connectivity index (χ3n) is 5.45. The summed E-state index contributed by atoms with van der Waals surface area (Å²) in [5, 5.41) is 3.04. The number of hydrogen-bond acceptors (Lipinski definition) is 3. The zero-order chi connectivity index (χ0) is 15.3. The summed E-state index contributed by atoms with van der Waals surface area (Å²) >= 11 is 0. The Hall–Kier alpha value is -1.88. The van der Waals surface area contributed by atoms with Gasteiger partial charge in [0.2, 0.25) is 5.91 Å². The fraction of sp³-hybridized carbons (Fsp3) is 0.529. The highest BCUT2D eigenvalue weighted by atomic mass is 16.1. The minimum absolute atomic E-state index is 0.00230. The van der Waals surface area contributed by atoms with Gasteiger partial charge in [-0.05, 0) is 49.7 Å². The van der Waals surface area contributed by atoms with Crippen molar-refractivity contribution in [3.63, 3.8) is 0 Å². The normalized spacial score (nSPS) is 30.1. The number of nitrogens with two attached hydrogens (primary N) is 1. The SMILES string of the molecule is Cc1cccn2cc(CNC(=O)C3C4CCC(C4)C3N)nc12. The number of aromatic nitrogens is 2. The molecule has 0 radical (unpaired) electrons. The molecular formula is C17H22N4O. The number of fused-ring (bicyclic) bond motifs is 3. The van der Waals surface area contributed by atoms with Gasteiger partial charge in [0.25, 0.3) is 0 Å². The first-order valence-corrected chi connectivity index (χ1v) is 8.10. The summed E-state index contributed by atoms with van der Waals surface area (Å²) in [7, 11) is 0. The van der Waals surface area contributed by atoms with Gasteiger partial charge in [-0.25, -0.2) is 4.98 Å². The molecule has 2 bridgehead atoms. The third kappa shape index (κ3) is 2.11. The van der Waals surface area contributed by atoms with Gasteiger partial charge in [0.15, 0.2) is 0 Å². The van der Waals surface area contributed by atoms with Crippen LogP contribution < -0.4 is 11.1 Å². The van der Waals surface area contributed by atoms with Crippen LogP contribution in [0.1, 0.15) is 30.5 Å². The summed E-state index contributed by atoms with van der Waals surface area (Å²) in [4.78, 5) is 17.1. The molecule has 116 valence electrons. The Kier molecular flexibility index (Phi) is 3.18. The van der Waals surface area contributed by atoms with Gasteiger partial charge in [0.05, 0.1) is 18.2 Å². The highest BCUT2D eigenvalue weighted by molar-refractivity contribution is 5.80. The van der Waals surface area contributed by atoms with Crippen molar-refractivity contribution in [2.45, 2.75) is 38.8 Å². The number of carbonyl (C=O) groups is 1. The Balaban J connectivity index is 1.45. The number of imidazole rings is 1. The van der Waals surface area contributed by atoms with Gasteiger partial charge >= 0.3 is 0 Å². The zero-order valence-corrected chi connectivity index (χ0v) is 12.8. The van der Waals surface area contributed by atoms with E-state index in [-0.39, 0.29) is 17.9 Å². The van der Waals surface area contributed by atoms with Crippen LogP contribution >= 0.6 is 0 Å². The highest BCUT2D eigenvalue weighted by Gasteiger charge is 2.48. The number of nitrogens with zero attached hydrogens (tertiary/aromatic N) is 2.